The van der Waals surface area contributed by atoms with Gasteiger partial charge in [0.05, 0.1) is 17.0 Å². The zero-order chi connectivity index (χ0) is 24.7. The third-order valence-corrected chi connectivity index (χ3v) is 6.48. The van der Waals surface area contributed by atoms with Crippen molar-refractivity contribution in [1.82, 2.24) is 10.3 Å². The van der Waals surface area contributed by atoms with Gasteiger partial charge in [0.25, 0.3) is 5.91 Å². The van der Waals surface area contributed by atoms with Crippen LogP contribution in [0.3, 0.4) is 0 Å². The van der Waals surface area contributed by atoms with Crippen LogP contribution in [0.1, 0.15) is 23.1 Å². The third-order valence-electron chi connectivity index (χ3n) is 6.18. The highest BCUT2D eigenvalue weighted by Crippen LogP contribution is 2.34. The first-order valence-corrected chi connectivity index (χ1v) is 11.4. The van der Waals surface area contributed by atoms with Crippen molar-refractivity contribution in [3.05, 3.63) is 68.7 Å². The number of carbonyl (C=O) groups excluding carboxylic acids is 2. The number of carboxylic acids is 1. The van der Waals surface area contributed by atoms with Crippen LogP contribution in [0.15, 0.2) is 45.7 Å². The summed E-state index contributed by atoms with van der Waals surface area (Å²) in [7, 11) is 0. The molecule has 9 nitrogen and oxygen atoms in total. The molecule has 180 valence electrons. The Kier molecular flexibility index (Phi) is 5.86. The number of H-pyrrole nitrogens is 1. The molecule has 3 N–H and O–H groups in total. The molecule has 0 fully saturated rings. The maximum absolute atomic E-state index is 12.5. The monoisotopic (exact) mass is 495 g/mol. The van der Waals surface area contributed by atoms with Crippen LogP contribution in [0, 0.1) is 0 Å². The molecule has 2 aromatic heterocycles. The maximum atomic E-state index is 12.5. The number of hydrogen-bond acceptors (Lipinski definition) is 7. The predicted molar refractivity (Wildman–Crippen MR) is 126 cm³/mol. The number of fused-ring (bicyclic) bond motifs is 4. The number of benzene rings is 2. The second-order valence-corrected chi connectivity index (χ2v) is 8.86. The van der Waals surface area contributed by atoms with E-state index in [2.05, 4.69) is 10.3 Å². The zero-order valence-corrected chi connectivity index (χ0v) is 19.1. The second kappa shape index (κ2) is 8.99. The average Bonchev–Trinajstić information content (AvgIpc) is 3.46. The summed E-state index contributed by atoms with van der Waals surface area (Å²) in [6.45, 7) is -0.515. The number of aliphatic carboxylic acids is 1. The molecule has 0 unspecified atom stereocenters. The molecule has 2 heterocycles. The molecule has 0 spiro atoms. The summed E-state index contributed by atoms with van der Waals surface area (Å²) in [4.78, 5) is 39.4. The molecule has 1 aliphatic rings. The predicted octanol–water partition coefficient (Wildman–Crippen LogP) is 1.98. The molecule has 0 bridgehead atoms. The van der Waals surface area contributed by atoms with Gasteiger partial charge in [-0.15, -0.1) is 0 Å². The number of aryl methyl sites for hydroxylation is 1. The Bertz CT molecular complexity index is 1540. The van der Waals surface area contributed by atoms with Gasteiger partial charge in [-0.3, -0.25) is 4.79 Å². The number of rotatable bonds is 7. The van der Waals surface area contributed by atoms with Gasteiger partial charge in [0.15, 0.2) is 6.61 Å². The number of phenols is 1. The largest absolute Gasteiger partial charge is 0.548 e. The van der Waals surface area contributed by atoms with Crippen LogP contribution in [0.4, 0.5) is 0 Å². The lowest BCUT2D eigenvalue weighted by Gasteiger charge is -2.20. The fraction of sp³-hybridized carbons (Fsp3) is 0.240. The number of aromatic hydroxyl groups is 1. The van der Waals surface area contributed by atoms with E-state index in [0.29, 0.717) is 34.0 Å². The lowest BCUT2D eigenvalue weighted by Crippen LogP contribution is -2.50. The van der Waals surface area contributed by atoms with Crippen molar-refractivity contribution in [2.75, 3.05) is 6.61 Å². The number of amides is 1. The Labute approximate surface area is 203 Å². The third kappa shape index (κ3) is 4.42. The number of aromatic amines is 1. The molecule has 4 aromatic rings. The Hall–Kier alpha value is -3.98. The van der Waals surface area contributed by atoms with Gasteiger partial charge in [-0.1, -0.05) is 11.6 Å². The van der Waals surface area contributed by atoms with E-state index in [1.165, 1.54) is 18.2 Å². The van der Waals surface area contributed by atoms with E-state index in [-0.39, 0.29) is 22.9 Å². The van der Waals surface area contributed by atoms with Crippen LogP contribution >= 0.6 is 11.6 Å². The van der Waals surface area contributed by atoms with Gasteiger partial charge in [0, 0.05) is 40.5 Å². The molecule has 1 amide bonds. The summed E-state index contributed by atoms with van der Waals surface area (Å²) in [6.07, 6.45) is 3.85. The summed E-state index contributed by atoms with van der Waals surface area (Å²) < 4.78 is 10.9. The number of ether oxygens (including phenoxy) is 1. The van der Waals surface area contributed by atoms with Gasteiger partial charge >= 0.3 is 5.63 Å². The highest BCUT2D eigenvalue weighted by molar-refractivity contribution is 6.32. The molecule has 10 heteroatoms. The molecule has 1 aliphatic carbocycles. The van der Waals surface area contributed by atoms with Crippen LogP contribution in [0.25, 0.3) is 21.9 Å². The SMILES string of the molecule is O=C(COc1cc2oc(=O)c3c(c2cc1Cl)CCC3)N[C@H](Cc1c[nH]c2ccc(O)cc12)C(=O)[O-]. The summed E-state index contributed by atoms with van der Waals surface area (Å²) in [6, 6.07) is 6.45. The first-order valence-electron chi connectivity index (χ1n) is 11.0. The van der Waals surface area contributed by atoms with Crippen molar-refractivity contribution in [2.45, 2.75) is 31.7 Å². The number of nitrogens with one attached hydrogen (secondary N) is 2. The lowest BCUT2D eigenvalue weighted by atomic mass is 10.0. The van der Waals surface area contributed by atoms with Crippen LogP contribution < -0.4 is 20.8 Å². The van der Waals surface area contributed by atoms with Crippen LogP contribution in [-0.2, 0) is 28.9 Å². The van der Waals surface area contributed by atoms with Gasteiger partial charge < -0.3 is 34.5 Å². The molecular weight excluding hydrogens is 476 g/mol. The number of hydrogen-bond donors (Lipinski definition) is 3. The number of halogens is 1. The summed E-state index contributed by atoms with van der Waals surface area (Å²) in [5.41, 5.74) is 2.81. The van der Waals surface area contributed by atoms with E-state index < -0.39 is 30.2 Å². The molecule has 0 aliphatic heterocycles. The Morgan fingerprint density at radius 3 is 2.80 bits per heavy atom. The fourth-order valence-corrected chi connectivity index (χ4v) is 4.74. The topological polar surface area (TPSA) is 145 Å². The van der Waals surface area contributed by atoms with Crippen LogP contribution in [0.2, 0.25) is 5.02 Å². The second-order valence-electron chi connectivity index (χ2n) is 8.45. The molecule has 0 saturated carbocycles. The number of carboxylic acid groups (broad SMARTS) is 1. The van der Waals surface area contributed by atoms with E-state index in [1.54, 1.807) is 18.3 Å². The number of phenolic OH excluding ortho intramolecular Hbond substituents is 1. The minimum Gasteiger partial charge on any atom is -0.548 e. The van der Waals surface area contributed by atoms with Crippen molar-refractivity contribution < 1.29 is 29.0 Å². The van der Waals surface area contributed by atoms with Crippen molar-refractivity contribution in [1.29, 1.82) is 0 Å². The molecule has 5 rings (SSSR count). The van der Waals surface area contributed by atoms with Gasteiger partial charge in [-0.25, -0.2) is 4.79 Å². The van der Waals surface area contributed by atoms with E-state index in [9.17, 15) is 24.6 Å². The van der Waals surface area contributed by atoms with Crippen LogP contribution in [0.5, 0.6) is 11.5 Å². The molecule has 0 radical (unpaired) electrons. The Morgan fingerprint density at radius 1 is 1.20 bits per heavy atom. The highest BCUT2D eigenvalue weighted by atomic mass is 35.5. The van der Waals surface area contributed by atoms with Crippen molar-refractivity contribution in [2.24, 2.45) is 0 Å². The minimum absolute atomic E-state index is 0.0360. The van der Waals surface area contributed by atoms with E-state index in [4.69, 9.17) is 20.8 Å². The molecule has 1 atom stereocenters. The average molecular weight is 496 g/mol. The summed E-state index contributed by atoms with van der Waals surface area (Å²) in [5.74, 6) is -2.00. The fourth-order valence-electron chi connectivity index (χ4n) is 4.52. The van der Waals surface area contributed by atoms with Crippen molar-refractivity contribution >= 4 is 45.3 Å². The minimum atomic E-state index is -1.47. The number of aromatic nitrogens is 1. The molecule has 2 aromatic carbocycles. The van der Waals surface area contributed by atoms with Gasteiger partial charge in [0.2, 0.25) is 0 Å². The number of carbonyl (C=O) groups is 2. The van der Waals surface area contributed by atoms with Crippen molar-refractivity contribution in [3.63, 3.8) is 0 Å². The van der Waals surface area contributed by atoms with Gasteiger partial charge in [0.1, 0.15) is 17.1 Å². The normalized spacial score (nSPS) is 13.6. The lowest BCUT2D eigenvalue weighted by molar-refractivity contribution is -0.308. The smallest absolute Gasteiger partial charge is 0.339 e. The first kappa shape index (κ1) is 22.8. The summed E-state index contributed by atoms with van der Waals surface area (Å²) in [5, 5.41) is 25.4. The van der Waals surface area contributed by atoms with Gasteiger partial charge in [-0.05, 0) is 54.7 Å². The highest BCUT2D eigenvalue weighted by Gasteiger charge is 2.22. The van der Waals surface area contributed by atoms with Gasteiger partial charge in [-0.2, -0.15) is 0 Å². The van der Waals surface area contributed by atoms with E-state index in [0.717, 1.165) is 23.8 Å². The zero-order valence-electron chi connectivity index (χ0n) is 18.4. The molecule has 35 heavy (non-hydrogen) atoms. The Morgan fingerprint density at radius 2 is 2.00 bits per heavy atom. The van der Waals surface area contributed by atoms with Crippen molar-refractivity contribution in [3.8, 4) is 11.5 Å². The Balaban J connectivity index is 1.29. The molecular formula is C25H20ClN2O7-. The molecule has 0 saturated heterocycles. The first-order chi connectivity index (χ1) is 16.8. The summed E-state index contributed by atoms with van der Waals surface area (Å²) >= 11 is 6.34. The van der Waals surface area contributed by atoms with Crippen LogP contribution in [-0.4, -0.2) is 34.6 Å². The maximum Gasteiger partial charge on any atom is 0.339 e. The van der Waals surface area contributed by atoms with E-state index >= 15 is 0 Å². The quantitative estimate of drug-likeness (QED) is 0.332. The standard InChI is InChI=1S/C25H21ClN2O7/c26-18-8-17-14-2-1-3-15(14)25(33)35-21(17)9-22(18)34-11-23(30)28-20(24(31)32)6-12-10-27-19-5-4-13(29)7-16(12)19/h4-5,7-10,20,27,29H,1-3,6,11H2,(H,28,30)(H,31,32)/p-1/t20-/m1/s1. The van der Waals surface area contributed by atoms with E-state index in [1.807, 2.05) is 0 Å².